The maximum Gasteiger partial charge on any atom is 0.233 e. The largest absolute Gasteiger partial charge is 0.473 e. The van der Waals surface area contributed by atoms with Crippen LogP contribution >= 0.6 is 15.9 Å². The van der Waals surface area contributed by atoms with E-state index in [2.05, 4.69) is 25.9 Å². The second-order valence-electron chi connectivity index (χ2n) is 3.51. The van der Waals surface area contributed by atoms with E-state index < -0.39 is 0 Å². The van der Waals surface area contributed by atoms with Crippen LogP contribution in [0.2, 0.25) is 0 Å². The Hall–Kier alpha value is -1.88. The summed E-state index contributed by atoms with van der Waals surface area (Å²) in [6.45, 7) is 0.421. The summed E-state index contributed by atoms with van der Waals surface area (Å²) in [6, 6.07) is 10.0. The molecule has 1 aromatic heterocycles. The van der Waals surface area contributed by atoms with Gasteiger partial charge in [0.2, 0.25) is 11.8 Å². The van der Waals surface area contributed by atoms with Crippen molar-refractivity contribution in [3.05, 3.63) is 52.6 Å². The van der Waals surface area contributed by atoms with Crippen LogP contribution in [-0.4, -0.2) is 16.6 Å². The summed E-state index contributed by atoms with van der Waals surface area (Å²) < 4.78 is 6.16. The van der Waals surface area contributed by atoms with E-state index >= 15 is 0 Å². The van der Waals surface area contributed by atoms with Gasteiger partial charge in [-0.15, -0.1) is 0 Å². The number of nitrogens with two attached hydrogens (primary N) is 1. The van der Waals surface area contributed by atoms with Crippen molar-refractivity contribution in [1.29, 1.82) is 0 Å². The van der Waals surface area contributed by atoms with Crippen molar-refractivity contribution >= 4 is 28.0 Å². The highest BCUT2D eigenvalue weighted by atomic mass is 79.9. The van der Waals surface area contributed by atoms with E-state index in [9.17, 15) is 0 Å². The van der Waals surface area contributed by atoms with Gasteiger partial charge in [-0.05, 0) is 27.6 Å². The Kier molecular flexibility index (Phi) is 4.30. The SMILES string of the molecule is Nc1ncc(Br)c(OC/C=C/c2ccccc2)n1. The number of ether oxygens (including phenoxy) is 1. The van der Waals surface area contributed by atoms with Crippen LogP contribution in [-0.2, 0) is 0 Å². The lowest BCUT2D eigenvalue weighted by Crippen LogP contribution is -2.01. The van der Waals surface area contributed by atoms with Crippen LogP contribution in [0.1, 0.15) is 5.56 Å². The first-order chi connectivity index (χ1) is 8.75. The molecule has 1 heterocycles. The lowest BCUT2D eigenvalue weighted by atomic mass is 10.2. The highest BCUT2D eigenvalue weighted by Crippen LogP contribution is 2.21. The number of rotatable bonds is 4. The first kappa shape index (κ1) is 12.6. The molecule has 0 amide bonds. The first-order valence-corrected chi connectivity index (χ1v) is 6.17. The van der Waals surface area contributed by atoms with Gasteiger partial charge in [-0.25, -0.2) is 4.98 Å². The summed E-state index contributed by atoms with van der Waals surface area (Å²) >= 11 is 3.30. The number of nitrogens with zero attached hydrogens (tertiary/aromatic N) is 2. The number of anilines is 1. The predicted octanol–water partition coefficient (Wildman–Crippen LogP) is 2.91. The van der Waals surface area contributed by atoms with Crippen molar-refractivity contribution in [2.24, 2.45) is 0 Å². The molecule has 0 atom stereocenters. The van der Waals surface area contributed by atoms with Crippen molar-refractivity contribution in [1.82, 2.24) is 9.97 Å². The third-order valence-electron chi connectivity index (χ3n) is 2.16. The van der Waals surface area contributed by atoms with E-state index in [4.69, 9.17) is 10.5 Å². The van der Waals surface area contributed by atoms with E-state index in [0.717, 1.165) is 5.56 Å². The predicted molar refractivity (Wildman–Crippen MR) is 75.1 cm³/mol. The van der Waals surface area contributed by atoms with E-state index in [1.165, 1.54) is 0 Å². The molecule has 1 aromatic carbocycles. The molecule has 0 aliphatic heterocycles. The zero-order valence-electron chi connectivity index (χ0n) is 9.58. The van der Waals surface area contributed by atoms with Crippen LogP contribution in [0.5, 0.6) is 5.88 Å². The molecule has 92 valence electrons. The zero-order valence-corrected chi connectivity index (χ0v) is 11.2. The minimum Gasteiger partial charge on any atom is -0.473 e. The molecule has 0 unspecified atom stereocenters. The normalized spacial score (nSPS) is 10.7. The molecule has 0 aliphatic rings. The number of hydrogen-bond acceptors (Lipinski definition) is 4. The molecule has 18 heavy (non-hydrogen) atoms. The number of benzene rings is 1. The Bertz CT molecular complexity index is 543. The molecule has 0 spiro atoms. The van der Waals surface area contributed by atoms with Gasteiger partial charge in [0.25, 0.3) is 0 Å². The second kappa shape index (κ2) is 6.16. The Morgan fingerprint density at radius 2 is 2.06 bits per heavy atom. The van der Waals surface area contributed by atoms with Crippen LogP contribution in [0.3, 0.4) is 0 Å². The zero-order chi connectivity index (χ0) is 12.8. The molecule has 5 heteroatoms. The first-order valence-electron chi connectivity index (χ1n) is 5.38. The molecular weight excluding hydrogens is 294 g/mol. The van der Waals surface area contributed by atoms with Gasteiger partial charge in [-0.3, -0.25) is 0 Å². The molecule has 0 radical (unpaired) electrons. The van der Waals surface area contributed by atoms with E-state index in [0.29, 0.717) is 17.0 Å². The molecule has 2 rings (SSSR count). The van der Waals surface area contributed by atoms with Crippen molar-refractivity contribution in [3.8, 4) is 5.88 Å². The maximum atomic E-state index is 5.48. The molecule has 2 aromatic rings. The molecule has 0 fully saturated rings. The molecule has 0 saturated carbocycles. The Labute approximate surface area is 114 Å². The van der Waals surface area contributed by atoms with Gasteiger partial charge in [0, 0.05) is 0 Å². The fourth-order valence-electron chi connectivity index (χ4n) is 1.34. The van der Waals surface area contributed by atoms with Crippen LogP contribution in [0.25, 0.3) is 6.08 Å². The molecule has 2 N–H and O–H groups in total. The fraction of sp³-hybridized carbons (Fsp3) is 0.0769. The third kappa shape index (κ3) is 3.56. The van der Waals surface area contributed by atoms with E-state index in [1.54, 1.807) is 6.20 Å². The summed E-state index contributed by atoms with van der Waals surface area (Å²) in [6.07, 6.45) is 5.47. The lowest BCUT2D eigenvalue weighted by molar-refractivity contribution is 0.346. The summed E-state index contributed by atoms with van der Waals surface area (Å²) in [5.41, 5.74) is 6.61. The minimum atomic E-state index is 0.195. The highest BCUT2D eigenvalue weighted by molar-refractivity contribution is 9.10. The average molecular weight is 306 g/mol. The van der Waals surface area contributed by atoms with Gasteiger partial charge < -0.3 is 10.5 Å². The summed E-state index contributed by atoms with van der Waals surface area (Å²) in [7, 11) is 0. The molecule has 0 bridgehead atoms. The quantitative estimate of drug-likeness (QED) is 0.943. The molecule has 0 saturated heterocycles. The molecule has 0 aliphatic carbocycles. The van der Waals surface area contributed by atoms with Crippen LogP contribution in [0.4, 0.5) is 5.95 Å². The maximum absolute atomic E-state index is 5.48. The Morgan fingerprint density at radius 3 is 2.83 bits per heavy atom. The topological polar surface area (TPSA) is 61.0 Å². The fourth-order valence-corrected chi connectivity index (χ4v) is 1.65. The van der Waals surface area contributed by atoms with Crippen LogP contribution in [0, 0.1) is 0 Å². The minimum absolute atomic E-state index is 0.195. The standard InChI is InChI=1S/C13H12BrN3O/c14-11-9-16-13(15)17-12(11)18-8-4-7-10-5-2-1-3-6-10/h1-7,9H,8H2,(H2,15,16,17)/b7-4+. The summed E-state index contributed by atoms with van der Waals surface area (Å²) in [5.74, 6) is 0.639. The third-order valence-corrected chi connectivity index (χ3v) is 2.70. The monoisotopic (exact) mass is 305 g/mol. The van der Waals surface area contributed by atoms with Gasteiger partial charge in [0.1, 0.15) is 6.61 Å². The molecule has 4 nitrogen and oxygen atoms in total. The van der Waals surface area contributed by atoms with Crippen molar-refractivity contribution < 1.29 is 4.74 Å². The second-order valence-corrected chi connectivity index (χ2v) is 4.36. The Morgan fingerprint density at radius 1 is 1.28 bits per heavy atom. The Balaban J connectivity index is 1.92. The van der Waals surface area contributed by atoms with Gasteiger partial charge in [0.05, 0.1) is 10.7 Å². The number of aromatic nitrogens is 2. The lowest BCUT2D eigenvalue weighted by Gasteiger charge is -2.04. The molecular formula is C13H12BrN3O. The van der Waals surface area contributed by atoms with Gasteiger partial charge in [0.15, 0.2) is 0 Å². The summed E-state index contributed by atoms with van der Waals surface area (Å²) in [5, 5.41) is 0. The van der Waals surface area contributed by atoms with E-state index in [1.807, 2.05) is 42.5 Å². The van der Waals surface area contributed by atoms with Crippen LogP contribution < -0.4 is 10.5 Å². The van der Waals surface area contributed by atoms with Gasteiger partial charge in [-0.1, -0.05) is 36.4 Å². The van der Waals surface area contributed by atoms with E-state index in [-0.39, 0.29) is 5.95 Å². The van der Waals surface area contributed by atoms with Crippen molar-refractivity contribution in [3.63, 3.8) is 0 Å². The van der Waals surface area contributed by atoms with Crippen LogP contribution in [0.15, 0.2) is 47.1 Å². The highest BCUT2D eigenvalue weighted by Gasteiger charge is 2.02. The smallest absolute Gasteiger partial charge is 0.233 e. The van der Waals surface area contributed by atoms with Gasteiger partial charge in [-0.2, -0.15) is 4.98 Å². The van der Waals surface area contributed by atoms with Crippen molar-refractivity contribution in [2.45, 2.75) is 0 Å². The van der Waals surface area contributed by atoms with Crippen molar-refractivity contribution in [2.75, 3.05) is 12.3 Å². The number of hydrogen-bond donors (Lipinski definition) is 1. The number of halogens is 1. The average Bonchev–Trinajstić information content (AvgIpc) is 2.40. The van der Waals surface area contributed by atoms with Gasteiger partial charge >= 0.3 is 0 Å². The number of nitrogen functional groups attached to an aromatic ring is 1. The summed E-state index contributed by atoms with van der Waals surface area (Å²) in [4.78, 5) is 7.82.